The van der Waals surface area contributed by atoms with E-state index in [0.29, 0.717) is 40.1 Å². The number of pyridine rings is 1. The van der Waals surface area contributed by atoms with Crippen LogP contribution in [-0.2, 0) is 0 Å². The van der Waals surface area contributed by atoms with Crippen LogP contribution in [0.4, 0.5) is 0 Å². The number of rotatable bonds is 4. The van der Waals surface area contributed by atoms with Crippen molar-refractivity contribution < 1.29 is 18.7 Å². The third-order valence-electron chi connectivity index (χ3n) is 4.59. The zero-order valence-corrected chi connectivity index (χ0v) is 15.2. The number of carbonyl (C=O) groups is 1. The molecule has 3 heterocycles. The van der Waals surface area contributed by atoms with Crippen molar-refractivity contribution in [1.82, 2.24) is 9.97 Å². The van der Waals surface area contributed by atoms with E-state index in [-0.39, 0.29) is 6.79 Å². The normalized spacial score (nSPS) is 12.1. The second kappa shape index (κ2) is 6.79. The van der Waals surface area contributed by atoms with Gasteiger partial charge in [0, 0.05) is 22.9 Å². The summed E-state index contributed by atoms with van der Waals surface area (Å²) in [5.41, 5.74) is 8.55. The van der Waals surface area contributed by atoms with Crippen molar-refractivity contribution in [3.05, 3.63) is 72.4 Å². The molecule has 0 radical (unpaired) electrons. The van der Waals surface area contributed by atoms with Crippen molar-refractivity contribution in [3.63, 3.8) is 0 Å². The lowest BCUT2D eigenvalue weighted by Crippen LogP contribution is -2.10. The summed E-state index contributed by atoms with van der Waals surface area (Å²) in [6.45, 7) is 0.194. The van der Waals surface area contributed by atoms with Crippen LogP contribution < -0.4 is 15.2 Å². The summed E-state index contributed by atoms with van der Waals surface area (Å²) in [7, 11) is 0. The smallest absolute Gasteiger partial charge is 0.248 e. The maximum Gasteiger partial charge on any atom is 0.248 e. The van der Waals surface area contributed by atoms with Crippen LogP contribution in [0.25, 0.3) is 34.2 Å². The highest BCUT2D eigenvalue weighted by Crippen LogP contribution is 2.40. The molecule has 0 unspecified atom stereocenters. The van der Waals surface area contributed by atoms with E-state index in [1.54, 1.807) is 30.5 Å². The fourth-order valence-corrected chi connectivity index (χ4v) is 3.13. The van der Waals surface area contributed by atoms with Gasteiger partial charge in [-0.3, -0.25) is 9.78 Å². The van der Waals surface area contributed by atoms with E-state index in [1.807, 2.05) is 36.4 Å². The Bertz CT molecular complexity index is 1200. The first kappa shape index (κ1) is 17.0. The van der Waals surface area contributed by atoms with Gasteiger partial charge >= 0.3 is 0 Å². The highest BCUT2D eigenvalue weighted by molar-refractivity contribution is 5.93. The Hall–Kier alpha value is -4.13. The predicted molar refractivity (Wildman–Crippen MR) is 105 cm³/mol. The van der Waals surface area contributed by atoms with Crippen molar-refractivity contribution >= 4 is 5.91 Å². The third kappa shape index (κ3) is 3.08. The number of ether oxygens (including phenoxy) is 2. The van der Waals surface area contributed by atoms with Crippen LogP contribution in [-0.4, -0.2) is 22.7 Å². The molecule has 4 aromatic rings. The highest BCUT2D eigenvalue weighted by atomic mass is 16.7. The van der Waals surface area contributed by atoms with Crippen molar-refractivity contribution in [3.8, 4) is 45.7 Å². The van der Waals surface area contributed by atoms with Crippen molar-refractivity contribution in [2.75, 3.05) is 6.79 Å². The Morgan fingerprint density at radius 1 is 0.931 bits per heavy atom. The van der Waals surface area contributed by atoms with Gasteiger partial charge in [0.15, 0.2) is 17.3 Å². The molecule has 0 bridgehead atoms. The van der Waals surface area contributed by atoms with Crippen molar-refractivity contribution in [1.29, 1.82) is 0 Å². The molecule has 1 aliphatic rings. The number of oxazole rings is 1. The Labute approximate surface area is 165 Å². The molecule has 142 valence electrons. The Morgan fingerprint density at radius 3 is 2.48 bits per heavy atom. The van der Waals surface area contributed by atoms with E-state index in [9.17, 15) is 4.79 Å². The molecule has 1 aliphatic heterocycles. The first-order valence-corrected chi connectivity index (χ1v) is 8.91. The lowest BCUT2D eigenvalue weighted by Gasteiger charge is -2.02. The summed E-state index contributed by atoms with van der Waals surface area (Å²) in [5, 5.41) is 0. The Balaban J connectivity index is 1.64. The first-order valence-electron chi connectivity index (χ1n) is 8.91. The van der Waals surface area contributed by atoms with Gasteiger partial charge in [-0.2, -0.15) is 0 Å². The molecule has 2 aromatic heterocycles. The second-order valence-electron chi connectivity index (χ2n) is 6.42. The highest BCUT2D eigenvalue weighted by Gasteiger charge is 2.22. The number of hydrogen-bond donors (Lipinski definition) is 1. The summed E-state index contributed by atoms with van der Waals surface area (Å²) in [6.07, 6.45) is 1.70. The zero-order valence-electron chi connectivity index (χ0n) is 15.2. The number of carbonyl (C=O) groups excluding carboxylic acids is 1. The molecule has 2 aromatic carbocycles. The van der Waals surface area contributed by atoms with Crippen molar-refractivity contribution in [2.45, 2.75) is 0 Å². The number of primary amides is 1. The van der Waals surface area contributed by atoms with Gasteiger partial charge in [-0.15, -0.1) is 0 Å². The van der Waals surface area contributed by atoms with Crippen LogP contribution in [0.2, 0.25) is 0 Å². The second-order valence-corrected chi connectivity index (χ2v) is 6.42. The fraction of sp³-hybridized carbons (Fsp3) is 0.0455. The number of benzene rings is 2. The summed E-state index contributed by atoms with van der Waals surface area (Å²) in [5.74, 6) is 1.83. The summed E-state index contributed by atoms with van der Waals surface area (Å²) in [6, 6.07) is 18.0. The number of hydrogen-bond acceptors (Lipinski definition) is 6. The van der Waals surface area contributed by atoms with E-state index in [1.165, 1.54) is 0 Å². The number of aromatic nitrogens is 2. The molecule has 0 atom stereocenters. The van der Waals surface area contributed by atoms with Crippen LogP contribution in [0.15, 0.2) is 71.3 Å². The number of fused-ring (bicyclic) bond motifs is 1. The molecule has 29 heavy (non-hydrogen) atoms. The molecule has 5 rings (SSSR count). The Morgan fingerprint density at radius 2 is 1.72 bits per heavy atom. The average molecular weight is 385 g/mol. The molecule has 0 aliphatic carbocycles. The lowest BCUT2D eigenvalue weighted by atomic mass is 10.1. The van der Waals surface area contributed by atoms with Crippen molar-refractivity contribution in [2.24, 2.45) is 5.73 Å². The van der Waals surface area contributed by atoms with Crippen LogP contribution in [0, 0.1) is 0 Å². The van der Waals surface area contributed by atoms with E-state index in [2.05, 4.69) is 9.97 Å². The molecule has 1 amide bonds. The maximum atomic E-state index is 11.3. The quantitative estimate of drug-likeness (QED) is 0.572. The number of nitrogens with two attached hydrogens (primary N) is 1. The van der Waals surface area contributed by atoms with Gasteiger partial charge in [0.05, 0.1) is 5.69 Å². The van der Waals surface area contributed by atoms with Gasteiger partial charge in [0.1, 0.15) is 5.69 Å². The fourth-order valence-electron chi connectivity index (χ4n) is 3.13. The molecule has 7 nitrogen and oxygen atoms in total. The number of amides is 1. The van der Waals surface area contributed by atoms with Crippen LogP contribution in [0.3, 0.4) is 0 Å². The minimum absolute atomic E-state index is 0.194. The van der Waals surface area contributed by atoms with Crippen LogP contribution >= 0.6 is 0 Å². The van der Waals surface area contributed by atoms with Gasteiger partial charge in [0.2, 0.25) is 18.6 Å². The van der Waals surface area contributed by atoms with E-state index in [4.69, 9.17) is 19.6 Å². The molecular formula is C22H15N3O4. The topological polar surface area (TPSA) is 100 Å². The summed E-state index contributed by atoms with van der Waals surface area (Å²) < 4.78 is 17.0. The molecular weight excluding hydrogens is 370 g/mol. The molecule has 0 saturated carbocycles. The largest absolute Gasteiger partial charge is 0.454 e. The monoisotopic (exact) mass is 385 g/mol. The van der Waals surface area contributed by atoms with E-state index in [0.717, 1.165) is 11.1 Å². The number of nitrogens with zero attached hydrogens (tertiary/aromatic N) is 2. The molecule has 0 fully saturated rings. The van der Waals surface area contributed by atoms with Crippen LogP contribution in [0.1, 0.15) is 10.4 Å². The molecule has 2 N–H and O–H groups in total. The Kier molecular flexibility index (Phi) is 3.98. The SMILES string of the molecule is NC(=O)c1ccc(-c2nc(-c3ccccn3)c(-c3ccc4c(c3)OCO4)o2)cc1. The summed E-state index contributed by atoms with van der Waals surface area (Å²) in [4.78, 5) is 20.4. The first-order chi connectivity index (χ1) is 14.2. The minimum atomic E-state index is -0.487. The third-order valence-corrected chi connectivity index (χ3v) is 4.59. The van der Waals surface area contributed by atoms with E-state index < -0.39 is 5.91 Å². The van der Waals surface area contributed by atoms with Gasteiger partial charge in [-0.1, -0.05) is 6.07 Å². The van der Waals surface area contributed by atoms with Gasteiger partial charge < -0.3 is 19.6 Å². The standard InChI is InChI=1S/C22H15N3O4/c23-21(26)13-4-6-14(7-5-13)22-25-19(16-3-1-2-10-24-16)20(29-22)15-8-9-17-18(11-15)28-12-27-17/h1-11H,12H2,(H2,23,26). The average Bonchev–Trinajstić information content (AvgIpc) is 3.41. The van der Waals surface area contributed by atoms with Gasteiger partial charge in [0.25, 0.3) is 0 Å². The maximum absolute atomic E-state index is 11.3. The molecule has 0 saturated heterocycles. The zero-order chi connectivity index (χ0) is 19.8. The minimum Gasteiger partial charge on any atom is -0.454 e. The molecule has 0 spiro atoms. The van der Waals surface area contributed by atoms with Crippen LogP contribution in [0.5, 0.6) is 11.5 Å². The molecule has 7 heteroatoms. The van der Waals surface area contributed by atoms with Gasteiger partial charge in [-0.25, -0.2) is 4.98 Å². The van der Waals surface area contributed by atoms with Gasteiger partial charge in [-0.05, 0) is 54.6 Å². The van der Waals surface area contributed by atoms with E-state index >= 15 is 0 Å². The predicted octanol–water partition coefficient (Wildman–Crippen LogP) is 3.90. The summed E-state index contributed by atoms with van der Waals surface area (Å²) >= 11 is 0. The lowest BCUT2D eigenvalue weighted by molar-refractivity contribution is 0.100.